The molecule has 0 saturated carbocycles. The van der Waals surface area contributed by atoms with Crippen molar-refractivity contribution in [2.24, 2.45) is 0 Å². The Hall–Kier alpha value is -0.980. The van der Waals surface area contributed by atoms with Crippen LogP contribution in [-0.2, 0) is 16.6 Å². The molecular weight excluding hydrogens is 391 g/mol. The minimum atomic E-state index is -3.84. The summed E-state index contributed by atoms with van der Waals surface area (Å²) in [6.07, 6.45) is 0. The lowest BCUT2D eigenvalue weighted by atomic mass is 10.2. The average molecular weight is 408 g/mol. The van der Waals surface area contributed by atoms with Gasteiger partial charge in [-0.1, -0.05) is 46.9 Å². The molecule has 0 atom stereocenters. The Morgan fingerprint density at radius 3 is 1.88 bits per heavy atom. The Kier molecular flexibility index (Phi) is 6.04. The summed E-state index contributed by atoms with van der Waals surface area (Å²) in [6, 6.07) is 10.3. The Labute approximate surface area is 157 Å². The highest BCUT2D eigenvalue weighted by Gasteiger charge is 2.27. The number of halogens is 3. The van der Waals surface area contributed by atoms with Gasteiger partial charge in [0, 0.05) is 38.4 Å². The zero-order valence-corrected chi connectivity index (χ0v) is 16.5. The van der Waals surface area contributed by atoms with Crippen molar-refractivity contribution < 1.29 is 8.42 Å². The molecule has 2 aromatic rings. The summed E-state index contributed by atoms with van der Waals surface area (Å²) in [5.41, 5.74) is 1.89. The van der Waals surface area contributed by atoms with Crippen LogP contribution >= 0.6 is 34.8 Å². The second-order valence-electron chi connectivity index (χ2n) is 5.52. The summed E-state index contributed by atoms with van der Waals surface area (Å²) in [5.74, 6) is 0. The van der Waals surface area contributed by atoms with E-state index in [1.807, 2.05) is 43.3 Å². The maximum Gasteiger partial charge on any atom is 0.246 e. The van der Waals surface area contributed by atoms with Gasteiger partial charge in [-0.05, 0) is 29.8 Å². The summed E-state index contributed by atoms with van der Waals surface area (Å²) < 4.78 is 26.7. The van der Waals surface area contributed by atoms with Gasteiger partial charge in [0.25, 0.3) is 0 Å². The maximum absolute atomic E-state index is 12.8. The molecule has 2 rings (SSSR count). The van der Waals surface area contributed by atoms with Gasteiger partial charge in [0.1, 0.15) is 4.90 Å². The van der Waals surface area contributed by atoms with Gasteiger partial charge >= 0.3 is 0 Å². The normalized spacial score (nSPS) is 11.8. The molecule has 4 nitrogen and oxygen atoms in total. The fourth-order valence-electron chi connectivity index (χ4n) is 2.17. The topological polar surface area (TPSA) is 40.6 Å². The molecule has 0 aromatic heterocycles. The van der Waals surface area contributed by atoms with Crippen LogP contribution in [-0.4, -0.2) is 33.9 Å². The van der Waals surface area contributed by atoms with Gasteiger partial charge < -0.3 is 4.90 Å². The van der Waals surface area contributed by atoms with E-state index in [4.69, 9.17) is 34.8 Å². The lowest BCUT2D eigenvalue weighted by molar-refractivity contribution is 0.467. The van der Waals surface area contributed by atoms with Gasteiger partial charge in [0.15, 0.2) is 0 Å². The van der Waals surface area contributed by atoms with Crippen molar-refractivity contribution in [2.45, 2.75) is 11.4 Å². The van der Waals surface area contributed by atoms with Gasteiger partial charge in [-0.3, -0.25) is 0 Å². The highest BCUT2D eigenvalue weighted by Crippen LogP contribution is 2.34. The van der Waals surface area contributed by atoms with Gasteiger partial charge in [-0.15, -0.1) is 0 Å². The third-order valence-corrected chi connectivity index (χ3v) is 6.43. The van der Waals surface area contributed by atoms with Crippen LogP contribution in [0.3, 0.4) is 0 Å². The highest BCUT2D eigenvalue weighted by atomic mass is 35.5. The van der Waals surface area contributed by atoms with E-state index in [0.717, 1.165) is 11.3 Å². The first-order valence-corrected chi connectivity index (χ1v) is 9.57. The van der Waals surface area contributed by atoms with Crippen molar-refractivity contribution in [3.63, 3.8) is 0 Å². The molecule has 8 heteroatoms. The van der Waals surface area contributed by atoms with Crippen molar-refractivity contribution >= 4 is 50.5 Å². The van der Waals surface area contributed by atoms with E-state index >= 15 is 0 Å². The molecule has 0 amide bonds. The van der Waals surface area contributed by atoms with E-state index in [1.54, 1.807) is 0 Å². The molecule has 0 radical (unpaired) electrons. The predicted octanol–water partition coefficient (Wildman–Crippen LogP) is 4.53. The molecule has 0 N–H and O–H groups in total. The van der Waals surface area contributed by atoms with Crippen LogP contribution in [0, 0.1) is 0 Å². The Morgan fingerprint density at radius 1 is 0.917 bits per heavy atom. The summed E-state index contributed by atoms with van der Waals surface area (Å²) in [5, 5.41) is 0.287. The van der Waals surface area contributed by atoms with E-state index in [9.17, 15) is 8.42 Å². The van der Waals surface area contributed by atoms with E-state index in [-0.39, 0.29) is 26.5 Å². The van der Waals surface area contributed by atoms with Gasteiger partial charge in [-0.25, -0.2) is 8.42 Å². The molecule has 130 valence electrons. The van der Waals surface area contributed by atoms with E-state index in [0.29, 0.717) is 0 Å². The van der Waals surface area contributed by atoms with E-state index < -0.39 is 10.0 Å². The fourth-order valence-corrected chi connectivity index (χ4v) is 4.82. The maximum atomic E-state index is 12.8. The van der Waals surface area contributed by atoms with Gasteiger partial charge in [0.2, 0.25) is 10.0 Å². The monoisotopic (exact) mass is 406 g/mol. The third-order valence-electron chi connectivity index (χ3n) is 3.49. The summed E-state index contributed by atoms with van der Waals surface area (Å²) in [4.78, 5) is 1.83. The molecular formula is C16H17Cl3N2O2S. The van der Waals surface area contributed by atoms with Gasteiger partial charge in [0.05, 0.1) is 10.0 Å². The Balaban J connectivity index is 2.30. The number of nitrogens with zero attached hydrogens (tertiary/aromatic N) is 2. The first-order valence-electron chi connectivity index (χ1n) is 7.00. The molecule has 0 aliphatic carbocycles. The molecule has 0 aliphatic rings. The molecule has 24 heavy (non-hydrogen) atoms. The molecule has 0 bridgehead atoms. The zero-order chi connectivity index (χ0) is 18.1. The van der Waals surface area contributed by atoms with Crippen molar-refractivity contribution in [1.29, 1.82) is 0 Å². The summed E-state index contributed by atoms with van der Waals surface area (Å²) in [6.45, 7) is 0.200. The largest absolute Gasteiger partial charge is 0.378 e. The summed E-state index contributed by atoms with van der Waals surface area (Å²) in [7, 11) is 1.52. The van der Waals surface area contributed by atoms with Crippen LogP contribution < -0.4 is 4.90 Å². The molecule has 0 heterocycles. The fraction of sp³-hybridized carbons (Fsp3) is 0.250. The SMILES string of the molecule is CN(C)c1ccc(CN(C)S(=O)(=O)c2c(Cl)cc(Cl)cc2Cl)cc1. The van der Waals surface area contributed by atoms with Crippen molar-refractivity contribution in [1.82, 2.24) is 4.31 Å². The molecule has 0 aliphatic heterocycles. The molecule has 0 unspecified atom stereocenters. The van der Waals surface area contributed by atoms with E-state index in [2.05, 4.69) is 0 Å². The van der Waals surface area contributed by atoms with E-state index in [1.165, 1.54) is 23.5 Å². The van der Waals surface area contributed by atoms with Crippen LogP contribution in [0.15, 0.2) is 41.3 Å². The van der Waals surface area contributed by atoms with Gasteiger partial charge in [-0.2, -0.15) is 4.31 Å². The smallest absolute Gasteiger partial charge is 0.246 e. The van der Waals surface area contributed by atoms with Crippen LogP contribution in [0.1, 0.15) is 5.56 Å². The number of sulfonamides is 1. The molecule has 0 saturated heterocycles. The van der Waals surface area contributed by atoms with Crippen molar-refractivity contribution in [3.05, 3.63) is 57.0 Å². The highest BCUT2D eigenvalue weighted by molar-refractivity contribution is 7.89. The predicted molar refractivity (Wildman–Crippen MR) is 101 cm³/mol. The second kappa shape index (κ2) is 7.50. The minimum Gasteiger partial charge on any atom is -0.378 e. The molecule has 0 spiro atoms. The quantitative estimate of drug-likeness (QED) is 0.731. The van der Waals surface area contributed by atoms with Crippen LogP contribution in [0.4, 0.5) is 5.69 Å². The lowest BCUT2D eigenvalue weighted by Crippen LogP contribution is -2.27. The minimum absolute atomic E-state index is 0.00213. The first kappa shape index (κ1) is 19.3. The number of hydrogen-bond acceptors (Lipinski definition) is 3. The lowest BCUT2D eigenvalue weighted by Gasteiger charge is -2.20. The zero-order valence-electron chi connectivity index (χ0n) is 13.4. The number of anilines is 1. The first-order chi connectivity index (χ1) is 11.1. The molecule has 2 aromatic carbocycles. The standard InChI is InChI=1S/C16H17Cl3N2O2S/c1-20(2)13-6-4-11(5-7-13)10-21(3)24(22,23)16-14(18)8-12(17)9-15(16)19/h4-9H,10H2,1-3H3. The van der Waals surface area contributed by atoms with Crippen molar-refractivity contribution in [3.8, 4) is 0 Å². The number of benzene rings is 2. The number of hydrogen-bond donors (Lipinski definition) is 0. The summed E-state index contributed by atoms with van der Waals surface area (Å²) >= 11 is 17.9. The Bertz CT molecular complexity index is 814. The van der Waals surface area contributed by atoms with Crippen molar-refractivity contribution in [2.75, 3.05) is 26.0 Å². The van der Waals surface area contributed by atoms with Crippen LogP contribution in [0.5, 0.6) is 0 Å². The Morgan fingerprint density at radius 2 is 1.42 bits per heavy atom. The third kappa shape index (κ3) is 4.16. The van der Waals surface area contributed by atoms with Crippen LogP contribution in [0.2, 0.25) is 15.1 Å². The second-order valence-corrected chi connectivity index (χ2v) is 8.75. The molecule has 0 fully saturated rings. The number of rotatable bonds is 5. The average Bonchev–Trinajstić information content (AvgIpc) is 2.46. The van der Waals surface area contributed by atoms with Crippen LogP contribution in [0.25, 0.3) is 0 Å².